The summed E-state index contributed by atoms with van der Waals surface area (Å²) in [6, 6.07) is 4.08. The van der Waals surface area contributed by atoms with Gasteiger partial charge in [0.1, 0.15) is 5.82 Å². The zero-order valence-electron chi connectivity index (χ0n) is 8.91. The molecule has 1 aliphatic rings. The van der Waals surface area contributed by atoms with Crippen LogP contribution in [0.25, 0.3) is 0 Å². The first-order valence-electron chi connectivity index (χ1n) is 5.29. The highest BCUT2D eigenvalue weighted by atomic mass is 79.9. The van der Waals surface area contributed by atoms with Gasteiger partial charge < -0.3 is 10.2 Å². The molecule has 0 amide bonds. The Kier molecular flexibility index (Phi) is 3.59. The van der Waals surface area contributed by atoms with Crippen LogP contribution in [0.15, 0.2) is 22.8 Å². The summed E-state index contributed by atoms with van der Waals surface area (Å²) < 4.78 is 1.03. The van der Waals surface area contributed by atoms with E-state index in [0.717, 1.165) is 35.8 Å². The molecule has 1 atom stereocenters. The molecule has 0 spiro atoms. The molecule has 1 N–H and O–H groups in total. The molecule has 1 aromatic rings. The van der Waals surface area contributed by atoms with Crippen LogP contribution in [-0.2, 0) is 0 Å². The van der Waals surface area contributed by atoms with Gasteiger partial charge in [0.2, 0.25) is 0 Å². The van der Waals surface area contributed by atoms with Crippen molar-refractivity contribution in [1.82, 2.24) is 10.3 Å². The van der Waals surface area contributed by atoms with Crippen molar-refractivity contribution in [3.8, 4) is 0 Å². The van der Waals surface area contributed by atoms with E-state index in [2.05, 4.69) is 38.2 Å². The molecule has 2 heterocycles. The van der Waals surface area contributed by atoms with E-state index in [1.807, 2.05) is 18.3 Å². The quantitative estimate of drug-likeness (QED) is 0.909. The summed E-state index contributed by atoms with van der Waals surface area (Å²) >= 11 is 3.39. The summed E-state index contributed by atoms with van der Waals surface area (Å²) in [5.74, 6) is 1.81. The molecule has 1 unspecified atom stereocenters. The lowest BCUT2D eigenvalue weighted by Crippen LogP contribution is -2.27. The van der Waals surface area contributed by atoms with Crippen molar-refractivity contribution < 1.29 is 0 Å². The second-order valence-corrected chi connectivity index (χ2v) is 4.99. The monoisotopic (exact) mass is 269 g/mol. The van der Waals surface area contributed by atoms with E-state index in [1.54, 1.807) is 0 Å². The summed E-state index contributed by atoms with van der Waals surface area (Å²) in [4.78, 5) is 6.61. The molecule has 1 saturated heterocycles. The highest BCUT2D eigenvalue weighted by Gasteiger charge is 2.16. The Hall–Kier alpha value is -0.610. The number of hydrogen-bond acceptors (Lipinski definition) is 3. The molecule has 1 fully saturated rings. The van der Waals surface area contributed by atoms with Crippen LogP contribution in [0.2, 0.25) is 0 Å². The number of nitrogens with one attached hydrogen (secondary N) is 1. The van der Waals surface area contributed by atoms with Gasteiger partial charge in [0.15, 0.2) is 0 Å². The Labute approximate surface area is 99.0 Å². The lowest BCUT2D eigenvalue weighted by atomic mass is 10.1. The van der Waals surface area contributed by atoms with Gasteiger partial charge in [-0.3, -0.25) is 0 Å². The standard InChI is InChI=1S/C11H16BrN3/c1-15(8-9-4-5-13-6-9)11-3-2-10(12)7-14-11/h2-3,7,9,13H,4-6,8H2,1H3. The first kappa shape index (κ1) is 10.9. The highest BCUT2D eigenvalue weighted by molar-refractivity contribution is 9.10. The fraction of sp³-hybridized carbons (Fsp3) is 0.545. The van der Waals surface area contributed by atoms with Gasteiger partial charge in [-0.1, -0.05) is 0 Å². The Bertz CT molecular complexity index is 306. The van der Waals surface area contributed by atoms with E-state index in [0.29, 0.717) is 0 Å². The molecular weight excluding hydrogens is 254 g/mol. The molecule has 0 aliphatic carbocycles. The summed E-state index contributed by atoms with van der Waals surface area (Å²) in [5.41, 5.74) is 0. The van der Waals surface area contributed by atoms with Crippen molar-refractivity contribution in [1.29, 1.82) is 0 Å². The van der Waals surface area contributed by atoms with Gasteiger partial charge in [-0.15, -0.1) is 0 Å². The molecule has 0 radical (unpaired) electrons. The minimum atomic E-state index is 0.764. The SMILES string of the molecule is CN(CC1CCNC1)c1ccc(Br)cn1. The predicted molar refractivity (Wildman–Crippen MR) is 66.2 cm³/mol. The van der Waals surface area contributed by atoms with E-state index >= 15 is 0 Å². The average molecular weight is 270 g/mol. The molecule has 0 bridgehead atoms. The summed E-state index contributed by atoms with van der Waals surface area (Å²) in [6.07, 6.45) is 3.12. The largest absolute Gasteiger partial charge is 0.359 e. The number of nitrogens with zero attached hydrogens (tertiary/aromatic N) is 2. The molecule has 0 aromatic carbocycles. The number of rotatable bonds is 3. The van der Waals surface area contributed by atoms with Crippen LogP contribution in [-0.4, -0.2) is 31.7 Å². The van der Waals surface area contributed by atoms with Crippen molar-refractivity contribution in [3.63, 3.8) is 0 Å². The smallest absolute Gasteiger partial charge is 0.128 e. The van der Waals surface area contributed by atoms with Crippen LogP contribution < -0.4 is 10.2 Å². The van der Waals surface area contributed by atoms with Crippen LogP contribution in [0.4, 0.5) is 5.82 Å². The highest BCUT2D eigenvalue weighted by Crippen LogP contribution is 2.16. The maximum atomic E-state index is 4.38. The number of halogens is 1. The normalized spacial score (nSPS) is 20.5. The van der Waals surface area contributed by atoms with Crippen molar-refractivity contribution in [2.75, 3.05) is 31.6 Å². The van der Waals surface area contributed by atoms with E-state index in [9.17, 15) is 0 Å². The molecule has 1 aliphatic heterocycles. The number of anilines is 1. The van der Waals surface area contributed by atoms with E-state index < -0.39 is 0 Å². The molecule has 15 heavy (non-hydrogen) atoms. The lowest BCUT2D eigenvalue weighted by molar-refractivity contribution is 0.576. The van der Waals surface area contributed by atoms with Gasteiger partial charge in [-0.25, -0.2) is 4.98 Å². The van der Waals surface area contributed by atoms with E-state index in [-0.39, 0.29) is 0 Å². The predicted octanol–water partition coefficient (Wildman–Crippen LogP) is 1.89. The Morgan fingerprint density at radius 1 is 1.60 bits per heavy atom. The zero-order valence-corrected chi connectivity index (χ0v) is 10.5. The molecule has 0 saturated carbocycles. The van der Waals surface area contributed by atoms with Crippen molar-refractivity contribution >= 4 is 21.7 Å². The first-order valence-corrected chi connectivity index (χ1v) is 6.08. The maximum Gasteiger partial charge on any atom is 0.128 e. The zero-order chi connectivity index (χ0) is 10.7. The third-order valence-corrected chi connectivity index (χ3v) is 3.27. The first-order chi connectivity index (χ1) is 7.25. The van der Waals surface area contributed by atoms with Gasteiger partial charge in [0.05, 0.1) is 0 Å². The number of hydrogen-bond donors (Lipinski definition) is 1. The van der Waals surface area contributed by atoms with Crippen LogP contribution in [0.3, 0.4) is 0 Å². The molecule has 2 rings (SSSR count). The van der Waals surface area contributed by atoms with Crippen molar-refractivity contribution in [2.45, 2.75) is 6.42 Å². The topological polar surface area (TPSA) is 28.2 Å². The lowest BCUT2D eigenvalue weighted by Gasteiger charge is -2.21. The fourth-order valence-electron chi connectivity index (χ4n) is 1.94. The van der Waals surface area contributed by atoms with Gasteiger partial charge in [-0.05, 0) is 53.5 Å². The molecule has 4 heteroatoms. The van der Waals surface area contributed by atoms with E-state index in [1.165, 1.54) is 6.42 Å². The summed E-state index contributed by atoms with van der Waals surface area (Å²) in [6.45, 7) is 3.38. The van der Waals surface area contributed by atoms with Gasteiger partial charge >= 0.3 is 0 Å². The van der Waals surface area contributed by atoms with Gasteiger partial charge in [0.25, 0.3) is 0 Å². The second kappa shape index (κ2) is 4.94. The van der Waals surface area contributed by atoms with E-state index in [4.69, 9.17) is 0 Å². The minimum absolute atomic E-state index is 0.764. The summed E-state index contributed by atoms with van der Waals surface area (Å²) in [5, 5.41) is 3.38. The second-order valence-electron chi connectivity index (χ2n) is 4.07. The fourth-order valence-corrected chi connectivity index (χ4v) is 2.18. The summed E-state index contributed by atoms with van der Waals surface area (Å²) in [7, 11) is 2.11. The van der Waals surface area contributed by atoms with Gasteiger partial charge in [0, 0.05) is 24.3 Å². The Morgan fingerprint density at radius 2 is 2.47 bits per heavy atom. The average Bonchev–Trinajstić information content (AvgIpc) is 2.71. The Morgan fingerprint density at radius 3 is 3.07 bits per heavy atom. The van der Waals surface area contributed by atoms with Crippen molar-refractivity contribution in [2.24, 2.45) is 5.92 Å². The minimum Gasteiger partial charge on any atom is -0.359 e. The molecular formula is C11H16BrN3. The molecule has 82 valence electrons. The third-order valence-electron chi connectivity index (χ3n) is 2.80. The third kappa shape index (κ3) is 2.92. The van der Waals surface area contributed by atoms with Gasteiger partial charge in [-0.2, -0.15) is 0 Å². The molecule has 3 nitrogen and oxygen atoms in total. The van der Waals surface area contributed by atoms with Crippen LogP contribution in [0.1, 0.15) is 6.42 Å². The molecule has 1 aromatic heterocycles. The van der Waals surface area contributed by atoms with Crippen LogP contribution in [0, 0.1) is 5.92 Å². The maximum absolute atomic E-state index is 4.38. The van der Waals surface area contributed by atoms with Crippen LogP contribution >= 0.6 is 15.9 Å². The van der Waals surface area contributed by atoms with Crippen molar-refractivity contribution in [3.05, 3.63) is 22.8 Å². The Balaban J connectivity index is 1.94. The number of aromatic nitrogens is 1. The van der Waals surface area contributed by atoms with Crippen LogP contribution in [0.5, 0.6) is 0 Å². The number of pyridine rings is 1.